The summed E-state index contributed by atoms with van der Waals surface area (Å²) >= 11 is 0. The van der Waals surface area contributed by atoms with Crippen LogP contribution in [0.25, 0.3) is 0 Å². The minimum absolute atomic E-state index is 0.0920. The number of halogens is 1. The second kappa shape index (κ2) is 5.95. The van der Waals surface area contributed by atoms with E-state index in [1.165, 1.54) is 18.2 Å². The standard InChI is InChI=1S/C12H15FO4S/c1-18(16,17)8-4-6-10(12(14)15)9-5-2-3-7-11(9)13/h2-3,5,7,10H,4,6,8H2,1H3,(H,14,15). The third-order valence-electron chi connectivity index (χ3n) is 2.59. The maximum absolute atomic E-state index is 13.5. The highest BCUT2D eigenvalue weighted by molar-refractivity contribution is 7.90. The van der Waals surface area contributed by atoms with Gasteiger partial charge in [0, 0.05) is 17.6 Å². The SMILES string of the molecule is CS(=O)(=O)CCCC(C(=O)O)c1ccccc1F. The number of benzene rings is 1. The molecule has 6 heteroatoms. The lowest BCUT2D eigenvalue weighted by Gasteiger charge is -2.13. The fourth-order valence-electron chi connectivity index (χ4n) is 1.72. The van der Waals surface area contributed by atoms with Gasteiger partial charge in [-0.05, 0) is 18.9 Å². The van der Waals surface area contributed by atoms with Gasteiger partial charge in [-0.1, -0.05) is 18.2 Å². The summed E-state index contributed by atoms with van der Waals surface area (Å²) in [4.78, 5) is 11.1. The van der Waals surface area contributed by atoms with Crippen molar-refractivity contribution in [3.63, 3.8) is 0 Å². The van der Waals surface area contributed by atoms with Gasteiger partial charge in [-0.25, -0.2) is 12.8 Å². The molecule has 1 unspecified atom stereocenters. The van der Waals surface area contributed by atoms with Crippen molar-refractivity contribution >= 4 is 15.8 Å². The summed E-state index contributed by atoms with van der Waals surface area (Å²) in [5.41, 5.74) is 0.0958. The van der Waals surface area contributed by atoms with E-state index in [1.54, 1.807) is 6.07 Å². The molecule has 0 heterocycles. The summed E-state index contributed by atoms with van der Waals surface area (Å²) in [6, 6.07) is 5.65. The Morgan fingerprint density at radius 1 is 1.39 bits per heavy atom. The highest BCUT2D eigenvalue weighted by atomic mass is 32.2. The Morgan fingerprint density at radius 2 is 2.00 bits per heavy atom. The lowest BCUT2D eigenvalue weighted by atomic mass is 9.94. The van der Waals surface area contributed by atoms with Crippen LogP contribution >= 0.6 is 0 Å². The van der Waals surface area contributed by atoms with E-state index in [4.69, 9.17) is 5.11 Å². The molecule has 1 aromatic rings. The van der Waals surface area contributed by atoms with E-state index >= 15 is 0 Å². The third kappa shape index (κ3) is 4.44. The monoisotopic (exact) mass is 274 g/mol. The second-order valence-electron chi connectivity index (χ2n) is 4.18. The normalized spacial score (nSPS) is 13.2. The highest BCUT2D eigenvalue weighted by Gasteiger charge is 2.22. The van der Waals surface area contributed by atoms with Gasteiger partial charge in [-0.2, -0.15) is 0 Å². The van der Waals surface area contributed by atoms with Gasteiger partial charge in [-0.3, -0.25) is 4.79 Å². The molecule has 1 atom stereocenters. The molecule has 1 rings (SSSR count). The molecule has 18 heavy (non-hydrogen) atoms. The molecule has 4 nitrogen and oxygen atoms in total. The summed E-state index contributed by atoms with van der Waals surface area (Å²) in [6.45, 7) is 0. The van der Waals surface area contributed by atoms with Gasteiger partial charge in [0.25, 0.3) is 0 Å². The zero-order valence-electron chi connectivity index (χ0n) is 9.97. The number of aliphatic carboxylic acids is 1. The van der Waals surface area contributed by atoms with Crippen LogP contribution in [0.2, 0.25) is 0 Å². The molecule has 0 saturated heterocycles. The zero-order valence-corrected chi connectivity index (χ0v) is 10.8. The topological polar surface area (TPSA) is 71.4 Å². The molecule has 100 valence electrons. The Labute approximate surface area is 105 Å². The fraction of sp³-hybridized carbons (Fsp3) is 0.417. The Bertz CT molecular complexity index is 525. The van der Waals surface area contributed by atoms with Gasteiger partial charge in [0.15, 0.2) is 0 Å². The molecule has 0 aliphatic rings. The first-order chi connectivity index (χ1) is 8.31. The van der Waals surface area contributed by atoms with Crippen molar-refractivity contribution in [2.75, 3.05) is 12.0 Å². The van der Waals surface area contributed by atoms with Gasteiger partial charge < -0.3 is 5.11 Å². The molecule has 0 aliphatic carbocycles. The second-order valence-corrected chi connectivity index (χ2v) is 6.44. The van der Waals surface area contributed by atoms with Crippen molar-refractivity contribution in [1.29, 1.82) is 0 Å². The van der Waals surface area contributed by atoms with E-state index in [2.05, 4.69) is 0 Å². The molecule has 0 aromatic heterocycles. The van der Waals surface area contributed by atoms with E-state index in [-0.39, 0.29) is 24.2 Å². The Hall–Kier alpha value is -1.43. The quantitative estimate of drug-likeness (QED) is 0.859. The maximum atomic E-state index is 13.5. The lowest BCUT2D eigenvalue weighted by molar-refractivity contribution is -0.139. The van der Waals surface area contributed by atoms with Gasteiger partial charge in [-0.15, -0.1) is 0 Å². The summed E-state index contributed by atoms with van der Waals surface area (Å²) in [5, 5.41) is 9.06. The smallest absolute Gasteiger partial charge is 0.311 e. The number of carboxylic acid groups (broad SMARTS) is 1. The van der Waals surface area contributed by atoms with Crippen molar-refractivity contribution < 1.29 is 22.7 Å². The Kier molecular flexibility index (Phi) is 4.84. The molecule has 0 radical (unpaired) electrons. The van der Waals surface area contributed by atoms with Crippen molar-refractivity contribution in [3.8, 4) is 0 Å². The zero-order chi connectivity index (χ0) is 13.8. The van der Waals surface area contributed by atoms with Gasteiger partial charge in [0.1, 0.15) is 15.7 Å². The van der Waals surface area contributed by atoms with E-state index in [1.807, 2.05) is 0 Å². The fourth-order valence-corrected chi connectivity index (χ4v) is 2.41. The van der Waals surface area contributed by atoms with E-state index in [0.29, 0.717) is 0 Å². The Balaban J connectivity index is 2.79. The lowest BCUT2D eigenvalue weighted by Crippen LogP contribution is -2.15. The molecule has 1 N–H and O–H groups in total. The van der Waals surface area contributed by atoms with Crippen LogP contribution in [0.3, 0.4) is 0 Å². The van der Waals surface area contributed by atoms with Gasteiger partial charge >= 0.3 is 5.97 Å². The summed E-state index contributed by atoms with van der Waals surface area (Å²) < 4.78 is 35.4. The van der Waals surface area contributed by atoms with Crippen molar-refractivity contribution in [2.24, 2.45) is 0 Å². The van der Waals surface area contributed by atoms with Crippen molar-refractivity contribution in [1.82, 2.24) is 0 Å². The van der Waals surface area contributed by atoms with Crippen LogP contribution in [-0.2, 0) is 14.6 Å². The average Bonchev–Trinajstić information content (AvgIpc) is 2.24. The Morgan fingerprint density at radius 3 is 2.50 bits per heavy atom. The molecule has 1 aromatic carbocycles. The van der Waals surface area contributed by atoms with Crippen LogP contribution < -0.4 is 0 Å². The first-order valence-electron chi connectivity index (χ1n) is 5.46. The number of hydrogen-bond donors (Lipinski definition) is 1. The predicted molar refractivity (Wildman–Crippen MR) is 65.7 cm³/mol. The molecular weight excluding hydrogens is 259 g/mol. The van der Waals surface area contributed by atoms with E-state index in [9.17, 15) is 17.6 Å². The summed E-state index contributed by atoms with van der Waals surface area (Å²) in [6.07, 6.45) is 1.39. The summed E-state index contributed by atoms with van der Waals surface area (Å²) in [5.74, 6) is -2.82. The van der Waals surface area contributed by atoms with Crippen LogP contribution in [-0.4, -0.2) is 31.5 Å². The minimum atomic E-state index is -3.12. The highest BCUT2D eigenvalue weighted by Crippen LogP contribution is 2.24. The van der Waals surface area contributed by atoms with Gasteiger partial charge in [0.05, 0.1) is 5.92 Å². The van der Waals surface area contributed by atoms with Crippen LogP contribution in [0.5, 0.6) is 0 Å². The molecule has 0 aliphatic heterocycles. The number of sulfone groups is 1. The van der Waals surface area contributed by atoms with E-state index in [0.717, 1.165) is 6.26 Å². The summed E-state index contributed by atoms with van der Waals surface area (Å²) in [7, 11) is -3.12. The van der Waals surface area contributed by atoms with Crippen LogP contribution in [0.15, 0.2) is 24.3 Å². The van der Waals surface area contributed by atoms with E-state index < -0.39 is 27.5 Å². The van der Waals surface area contributed by atoms with Gasteiger partial charge in [0.2, 0.25) is 0 Å². The number of carboxylic acids is 1. The first-order valence-corrected chi connectivity index (χ1v) is 7.52. The van der Waals surface area contributed by atoms with Crippen LogP contribution in [0, 0.1) is 5.82 Å². The molecule has 0 fully saturated rings. The number of carbonyl (C=O) groups is 1. The minimum Gasteiger partial charge on any atom is -0.481 e. The molecule has 0 saturated carbocycles. The molecule has 0 amide bonds. The van der Waals surface area contributed by atoms with Crippen LogP contribution in [0.1, 0.15) is 24.3 Å². The van der Waals surface area contributed by atoms with Crippen molar-refractivity contribution in [2.45, 2.75) is 18.8 Å². The average molecular weight is 274 g/mol. The maximum Gasteiger partial charge on any atom is 0.311 e. The van der Waals surface area contributed by atoms with Crippen LogP contribution in [0.4, 0.5) is 4.39 Å². The third-order valence-corrected chi connectivity index (χ3v) is 3.62. The van der Waals surface area contributed by atoms with Crippen molar-refractivity contribution in [3.05, 3.63) is 35.6 Å². The first kappa shape index (κ1) is 14.6. The molecular formula is C12H15FO4S. The number of rotatable bonds is 6. The largest absolute Gasteiger partial charge is 0.481 e. The molecule has 0 spiro atoms. The predicted octanol–water partition coefficient (Wildman–Crippen LogP) is 1.82. The number of hydrogen-bond acceptors (Lipinski definition) is 3. The molecule has 0 bridgehead atoms.